The summed E-state index contributed by atoms with van der Waals surface area (Å²) < 4.78 is 6.62. The second-order valence-corrected chi connectivity index (χ2v) is 14.0. The predicted octanol–water partition coefficient (Wildman–Crippen LogP) is 13.6. The van der Waals surface area contributed by atoms with Crippen LogP contribution in [-0.4, -0.2) is 15.0 Å². The van der Waals surface area contributed by atoms with Gasteiger partial charge in [0.25, 0.3) is 0 Å². The Hall–Kier alpha value is -7.43. The monoisotopic (exact) mass is 701 g/mol. The summed E-state index contributed by atoms with van der Waals surface area (Å²) in [6.45, 7) is 0. The normalized spacial score (nSPS) is 11.6. The van der Waals surface area contributed by atoms with Crippen LogP contribution < -0.4 is 0 Å². The van der Waals surface area contributed by atoms with E-state index >= 15 is 0 Å². The molecule has 2 heterocycles. The molecule has 55 heavy (non-hydrogen) atoms. The van der Waals surface area contributed by atoms with Crippen molar-refractivity contribution in [1.82, 2.24) is 15.0 Å². The van der Waals surface area contributed by atoms with Crippen molar-refractivity contribution < 1.29 is 4.42 Å². The van der Waals surface area contributed by atoms with Crippen molar-refractivity contribution in [3.63, 3.8) is 0 Å². The molecule has 0 fully saturated rings. The van der Waals surface area contributed by atoms with Gasteiger partial charge in [-0.1, -0.05) is 158 Å². The maximum atomic E-state index is 6.62. The van der Waals surface area contributed by atoms with Gasteiger partial charge in [0, 0.05) is 32.8 Å². The molecule has 0 aliphatic carbocycles. The summed E-state index contributed by atoms with van der Waals surface area (Å²) in [4.78, 5) is 15.9. The van der Waals surface area contributed by atoms with Gasteiger partial charge in [0.1, 0.15) is 11.2 Å². The molecule has 0 N–H and O–H groups in total. The molecule has 0 radical (unpaired) electrons. The molecule has 11 aromatic rings. The Morgan fingerprint density at radius 1 is 0.291 bits per heavy atom. The number of hydrogen-bond acceptors (Lipinski definition) is 4. The van der Waals surface area contributed by atoms with Gasteiger partial charge in [-0.3, -0.25) is 0 Å². The van der Waals surface area contributed by atoms with Crippen molar-refractivity contribution in [3.8, 4) is 56.4 Å². The fraction of sp³-hybridized carbons (Fsp3) is 0. The Labute approximate surface area is 317 Å². The molecule has 0 bridgehead atoms. The number of benzene rings is 9. The fourth-order valence-corrected chi connectivity index (χ4v) is 8.03. The molecule has 11 rings (SSSR count). The van der Waals surface area contributed by atoms with Crippen molar-refractivity contribution >= 4 is 54.3 Å². The minimum atomic E-state index is 0.606. The second-order valence-electron chi connectivity index (χ2n) is 14.0. The first kappa shape index (κ1) is 31.1. The molecule has 4 nitrogen and oxygen atoms in total. The van der Waals surface area contributed by atoms with E-state index in [9.17, 15) is 0 Å². The standard InChI is InChI=1S/C51H31N3O/c1-3-13-32(14-4-1)36-25-26-41-44(30-36)48-45(42-21-11-12-22-47(42)55-48)31-46(41)51-53-49(37-24-23-33-15-7-8-18-35(33)29-37)52-50(54-51)43-28-27-38(34-16-5-2-6-17-34)39-19-9-10-20-40(39)43/h1-31H. The van der Waals surface area contributed by atoms with Crippen LogP contribution in [0.4, 0.5) is 0 Å². The van der Waals surface area contributed by atoms with Crippen LogP contribution in [-0.2, 0) is 0 Å². The van der Waals surface area contributed by atoms with E-state index in [0.29, 0.717) is 17.5 Å². The highest BCUT2D eigenvalue weighted by molar-refractivity contribution is 6.19. The zero-order valence-electron chi connectivity index (χ0n) is 29.6. The Bertz CT molecular complexity index is 3260. The zero-order valence-corrected chi connectivity index (χ0v) is 29.6. The topological polar surface area (TPSA) is 51.8 Å². The van der Waals surface area contributed by atoms with Crippen LogP contribution in [0.5, 0.6) is 0 Å². The molecule has 0 spiro atoms. The number of hydrogen-bond donors (Lipinski definition) is 0. The molecule has 0 atom stereocenters. The van der Waals surface area contributed by atoms with Gasteiger partial charge >= 0.3 is 0 Å². The third kappa shape index (κ3) is 5.26. The van der Waals surface area contributed by atoms with E-state index < -0.39 is 0 Å². The largest absolute Gasteiger partial charge is 0.455 e. The van der Waals surface area contributed by atoms with E-state index in [1.807, 2.05) is 18.2 Å². The molecular formula is C51H31N3O. The quantitative estimate of drug-likeness (QED) is 0.179. The average Bonchev–Trinajstić information content (AvgIpc) is 3.65. The van der Waals surface area contributed by atoms with Crippen LogP contribution in [0.3, 0.4) is 0 Å². The Morgan fingerprint density at radius 2 is 0.855 bits per heavy atom. The first-order valence-corrected chi connectivity index (χ1v) is 18.5. The first-order valence-electron chi connectivity index (χ1n) is 18.5. The van der Waals surface area contributed by atoms with E-state index in [1.165, 1.54) is 16.5 Å². The van der Waals surface area contributed by atoms with Gasteiger partial charge in [-0.05, 0) is 79.5 Å². The summed E-state index contributed by atoms with van der Waals surface area (Å²) in [7, 11) is 0. The van der Waals surface area contributed by atoms with E-state index in [0.717, 1.165) is 76.7 Å². The predicted molar refractivity (Wildman–Crippen MR) is 227 cm³/mol. The van der Waals surface area contributed by atoms with Gasteiger partial charge in [-0.25, -0.2) is 15.0 Å². The van der Waals surface area contributed by atoms with E-state index in [4.69, 9.17) is 19.4 Å². The van der Waals surface area contributed by atoms with Gasteiger partial charge in [-0.15, -0.1) is 0 Å². The number of para-hydroxylation sites is 1. The lowest BCUT2D eigenvalue weighted by molar-refractivity contribution is 0.672. The summed E-state index contributed by atoms with van der Waals surface area (Å²) in [5.41, 5.74) is 9.09. The minimum absolute atomic E-state index is 0.606. The molecule has 0 aliphatic heterocycles. The molecule has 0 amide bonds. The zero-order chi connectivity index (χ0) is 36.3. The van der Waals surface area contributed by atoms with E-state index in [2.05, 4.69) is 170 Å². The van der Waals surface area contributed by atoms with Crippen LogP contribution >= 0.6 is 0 Å². The van der Waals surface area contributed by atoms with Gasteiger partial charge in [0.05, 0.1) is 0 Å². The minimum Gasteiger partial charge on any atom is -0.455 e. The van der Waals surface area contributed by atoms with Crippen LogP contribution in [0.15, 0.2) is 192 Å². The molecular weight excluding hydrogens is 671 g/mol. The summed E-state index contributed by atoms with van der Waals surface area (Å²) in [6, 6.07) is 65.7. The lowest BCUT2D eigenvalue weighted by Gasteiger charge is -2.14. The maximum absolute atomic E-state index is 6.62. The summed E-state index contributed by atoms with van der Waals surface area (Å²) in [6.07, 6.45) is 0. The Balaban J connectivity index is 1.21. The number of fused-ring (bicyclic) bond motifs is 7. The van der Waals surface area contributed by atoms with Gasteiger partial charge < -0.3 is 4.42 Å². The Morgan fingerprint density at radius 3 is 1.65 bits per heavy atom. The molecule has 0 saturated heterocycles. The molecule has 4 heteroatoms. The third-order valence-electron chi connectivity index (χ3n) is 10.7. The first-order chi connectivity index (χ1) is 27.2. The van der Waals surface area contributed by atoms with Crippen molar-refractivity contribution in [2.75, 3.05) is 0 Å². The maximum Gasteiger partial charge on any atom is 0.164 e. The average molecular weight is 702 g/mol. The molecule has 0 saturated carbocycles. The van der Waals surface area contributed by atoms with Crippen molar-refractivity contribution in [2.45, 2.75) is 0 Å². The van der Waals surface area contributed by atoms with Crippen molar-refractivity contribution in [3.05, 3.63) is 188 Å². The van der Waals surface area contributed by atoms with Crippen molar-refractivity contribution in [2.24, 2.45) is 0 Å². The SMILES string of the molecule is c1ccc(-c2ccc3c(-c4nc(-c5ccc6ccccc6c5)nc(-c5ccc(-c6ccccc6)c6ccccc56)n4)cc4c5ccccc5oc4c3c2)cc1. The number of rotatable bonds is 5. The summed E-state index contributed by atoms with van der Waals surface area (Å²) in [5, 5.41) is 8.62. The van der Waals surface area contributed by atoms with Crippen molar-refractivity contribution in [1.29, 1.82) is 0 Å². The van der Waals surface area contributed by atoms with Gasteiger partial charge in [0.15, 0.2) is 17.5 Å². The number of aromatic nitrogens is 3. The molecule has 0 aliphatic rings. The van der Waals surface area contributed by atoms with Crippen LogP contribution in [0.25, 0.3) is 111 Å². The van der Waals surface area contributed by atoms with E-state index in [-0.39, 0.29) is 0 Å². The van der Waals surface area contributed by atoms with Crippen LogP contribution in [0.2, 0.25) is 0 Å². The summed E-state index contributed by atoms with van der Waals surface area (Å²) >= 11 is 0. The fourth-order valence-electron chi connectivity index (χ4n) is 8.03. The van der Waals surface area contributed by atoms with Crippen LogP contribution in [0, 0.1) is 0 Å². The Kier molecular flexibility index (Phi) is 7.14. The lowest BCUT2D eigenvalue weighted by atomic mass is 9.94. The smallest absolute Gasteiger partial charge is 0.164 e. The third-order valence-corrected chi connectivity index (χ3v) is 10.7. The highest BCUT2D eigenvalue weighted by Gasteiger charge is 2.21. The second kappa shape index (κ2) is 12.6. The summed E-state index contributed by atoms with van der Waals surface area (Å²) in [5.74, 6) is 1.84. The van der Waals surface area contributed by atoms with Gasteiger partial charge in [0.2, 0.25) is 0 Å². The highest BCUT2D eigenvalue weighted by atomic mass is 16.3. The lowest BCUT2D eigenvalue weighted by Crippen LogP contribution is -2.01. The van der Waals surface area contributed by atoms with Gasteiger partial charge in [-0.2, -0.15) is 0 Å². The highest BCUT2D eigenvalue weighted by Crippen LogP contribution is 2.42. The number of furan rings is 1. The van der Waals surface area contributed by atoms with Crippen LogP contribution in [0.1, 0.15) is 0 Å². The molecule has 9 aromatic carbocycles. The number of nitrogens with zero attached hydrogens (tertiary/aromatic N) is 3. The molecule has 0 unspecified atom stereocenters. The van der Waals surface area contributed by atoms with E-state index in [1.54, 1.807) is 0 Å². The molecule has 256 valence electrons. The molecule has 2 aromatic heterocycles.